The molecule has 30 heavy (non-hydrogen) atoms. The number of nitrogens with zero attached hydrogens (tertiary/aromatic N) is 1. The molecule has 2 aromatic rings. The number of benzene rings is 2. The van der Waals surface area contributed by atoms with Crippen LogP contribution in [0.1, 0.15) is 42.4 Å². The molecule has 0 unspecified atom stereocenters. The van der Waals surface area contributed by atoms with Crippen LogP contribution in [0.4, 0.5) is 4.39 Å². The van der Waals surface area contributed by atoms with Crippen molar-refractivity contribution in [1.29, 1.82) is 0 Å². The molecule has 4 rings (SSSR count). The smallest absolute Gasteiger partial charge is 0.256 e. The maximum atomic E-state index is 13.4. The van der Waals surface area contributed by atoms with Crippen LogP contribution in [0.15, 0.2) is 54.6 Å². The lowest BCUT2D eigenvalue weighted by atomic mass is 9.62. The van der Waals surface area contributed by atoms with Gasteiger partial charge in [0.05, 0.1) is 0 Å². The van der Waals surface area contributed by atoms with Gasteiger partial charge in [-0.05, 0) is 41.5 Å². The van der Waals surface area contributed by atoms with Crippen LogP contribution >= 0.6 is 0 Å². The van der Waals surface area contributed by atoms with E-state index in [0.717, 1.165) is 24.0 Å². The minimum atomic E-state index is -0.622. The number of amides is 2. The standard InChI is InChI=1S/C24H27FN2O3/c1-30-22(18-5-3-2-4-6-18)23(29)27-13-11-24(12-14-27)15-21(28)26-16-20(24)17-7-9-19(25)10-8-17/h2-10,20,22H,11-16H2,1H3,(H,26,28)/t20-,22+/m0/s1. The van der Waals surface area contributed by atoms with Crippen LogP contribution in [0.3, 0.4) is 0 Å². The van der Waals surface area contributed by atoms with Gasteiger partial charge in [-0.1, -0.05) is 42.5 Å². The topological polar surface area (TPSA) is 58.6 Å². The van der Waals surface area contributed by atoms with Gasteiger partial charge in [0, 0.05) is 39.1 Å². The SMILES string of the molecule is CO[C@@H](C(=O)N1CCC2(CC1)CC(=O)NC[C@H]2c1ccc(F)cc1)c1ccccc1. The number of nitrogens with one attached hydrogen (secondary N) is 1. The highest BCUT2D eigenvalue weighted by Gasteiger charge is 2.47. The normalized spacial score (nSPS) is 21.9. The van der Waals surface area contributed by atoms with E-state index in [1.807, 2.05) is 47.4 Å². The number of piperidine rings is 2. The fraction of sp³-hybridized carbons (Fsp3) is 0.417. The van der Waals surface area contributed by atoms with E-state index in [1.165, 1.54) is 12.1 Å². The molecule has 2 aromatic carbocycles. The Labute approximate surface area is 176 Å². The first-order chi connectivity index (χ1) is 14.5. The third-order valence-electron chi connectivity index (χ3n) is 6.66. The van der Waals surface area contributed by atoms with Gasteiger partial charge < -0.3 is 15.0 Å². The first kappa shape index (κ1) is 20.5. The Balaban J connectivity index is 1.51. The number of methoxy groups -OCH3 is 1. The average Bonchev–Trinajstić information content (AvgIpc) is 2.76. The van der Waals surface area contributed by atoms with Gasteiger partial charge in [-0.3, -0.25) is 9.59 Å². The molecule has 0 saturated carbocycles. The first-order valence-corrected chi connectivity index (χ1v) is 10.4. The molecule has 2 aliphatic heterocycles. The number of hydrogen-bond acceptors (Lipinski definition) is 3. The second-order valence-electron chi connectivity index (χ2n) is 8.30. The Morgan fingerprint density at radius 1 is 1.13 bits per heavy atom. The summed E-state index contributed by atoms with van der Waals surface area (Å²) in [6, 6.07) is 16.1. The molecule has 158 valence electrons. The molecular formula is C24H27FN2O3. The average molecular weight is 410 g/mol. The Morgan fingerprint density at radius 2 is 1.80 bits per heavy atom. The van der Waals surface area contributed by atoms with Gasteiger partial charge in [0.1, 0.15) is 5.82 Å². The van der Waals surface area contributed by atoms with Gasteiger partial charge in [-0.2, -0.15) is 0 Å². The lowest BCUT2D eigenvalue weighted by Crippen LogP contribution is -2.53. The Hall–Kier alpha value is -2.73. The second-order valence-corrected chi connectivity index (χ2v) is 8.30. The number of carbonyl (C=O) groups excluding carboxylic acids is 2. The van der Waals surface area contributed by atoms with E-state index in [0.29, 0.717) is 26.1 Å². The van der Waals surface area contributed by atoms with Gasteiger partial charge >= 0.3 is 0 Å². The van der Waals surface area contributed by atoms with Gasteiger partial charge in [0.25, 0.3) is 5.91 Å². The summed E-state index contributed by atoms with van der Waals surface area (Å²) in [4.78, 5) is 27.2. The molecule has 2 aliphatic rings. The fourth-order valence-corrected chi connectivity index (χ4v) is 4.98. The minimum absolute atomic E-state index is 0.0443. The quantitative estimate of drug-likeness (QED) is 0.840. The monoisotopic (exact) mass is 410 g/mol. The van der Waals surface area contributed by atoms with Crippen molar-refractivity contribution in [3.63, 3.8) is 0 Å². The number of ether oxygens (including phenoxy) is 1. The molecule has 6 heteroatoms. The van der Waals surface area contributed by atoms with E-state index in [2.05, 4.69) is 5.32 Å². The van der Waals surface area contributed by atoms with Crippen molar-refractivity contribution in [3.05, 3.63) is 71.5 Å². The van der Waals surface area contributed by atoms with E-state index in [4.69, 9.17) is 4.74 Å². The van der Waals surface area contributed by atoms with Crippen LogP contribution in [0.5, 0.6) is 0 Å². The van der Waals surface area contributed by atoms with Crippen molar-refractivity contribution in [2.24, 2.45) is 5.41 Å². The van der Waals surface area contributed by atoms with Gasteiger partial charge in [0.2, 0.25) is 5.91 Å². The number of carbonyl (C=O) groups is 2. The number of likely N-dealkylation sites (tertiary alicyclic amines) is 1. The van der Waals surface area contributed by atoms with Gasteiger partial charge in [0.15, 0.2) is 6.10 Å². The molecule has 1 spiro atoms. The Kier molecular flexibility index (Phi) is 5.86. The molecule has 5 nitrogen and oxygen atoms in total. The third-order valence-corrected chi connectivity index (χ3v) is 6.66. The van der Waals surface area contributed by atoms with Crippen molar-refractivity contribution < 1.29 is 18.7 Å². The summed E-state index contributed by atoms with van der Waals surface area (Å²) < 4.78 is 18.9. The van der Waals surface area contributed by atoms with Crippen LogP contribution in [-0.2, 0) is 14.3 Å². The summed E-state index contributed by atoms with van der Waals surface area (Å²) in [5.41, 5.74) is 1.66. The molecule has 2 amide bonds. The zero-order valence-electron chi connectivity index (χ0n) is 17.1. The summed E-state index contributed by atoms with van der Waals surface area (Å²) in [7, 11) is 1.55. The lowest BCUT2D eigenvalue weighted by molar-refractivity contribution is -0.146. The van der Waals surface area contributed by atoms with Crippen LogP contribution in [0.2, 0.25) is 0 Å². The van der Waals surface area contributed by atoms with Gasteiger partial charge in [-0.15, -0.1) is 0 Å². The molecule has 0 radical (unpaired) electrons. The maximum Gasteiger partial charge on any atom is 0.256 e. The molecule has 0 aromatic heterocycles. The minimum Gasteiger partial charge on any atom is -0.367 e. The molecule has 1 N–H and O–H groups in total. The highest BCUT2D eigenvalue weighted by molar-refractivity contribution is 5.82. The van der Waals surface area contributed by atoms with Crippen LogP contribution in [-0.4, -0.2) is 43.5 Å². The molecule has 0 bridgehead atoms. The number of halogens is 1. The number of hydrogen-bond donors (Lipinski definition) is 1. The maximum absolute atomic E-state index is 13.4. The molecule has 2 heterocycles. The first-order valence-electron chi connectivity index (χ1n) is 10.4. The van der Waals surface area contributed by atoms with Gasteiger partial charge in [-0.25, -0.2) is 4.39 Å². The van der Waals surface area contributed by atoms with Crippen molar-refractivity contribution in [1.82, 2.24) is 10.2 Å². The molecule has 2 fully saturated rings. The largest absolute Gasteiger partial charge is 0.367 e. The van der Waals surface area contributed by atoms with E-state index in [-0.39, 0.29) is 29.0 Å². The van der Waals surface area contributed by atoms with Crippen molar-refractivity contribution in [2.75, 3.05) is 26.7 Å². The highest BCUT2D eigenvalue weighted by Crippen LogP contribution is 2.49. The predicted octanol–water partition coefficient (Wildman–Crippen LogP) is 3.43. The van der Waals surface area contributed by atoms with Crippen molar-refractivity contribution >= 4 is 11.8 Å². The third kappa shape index (κ3) is 3.97. The fourth-order valence-electron chi connectivity index (χ4n) is 4.98. The summed E-state index contributed by atoms with van der Waals surface area (Å²) in [5, 5.41) is 2.97. The van der Waals surface area contributed by atoms with Crippen LogP contribution < -0.4 is 5.32 Å². The van der Waals surface area contributed by atoms with E-state index < -0.39 is 6.10 Å². The summed E-state index contributed by atoms with van der Waals surface area (Å²) in [6.07, 6.45) is 1.28. The van der Waals surface area contributed by atoms with E-state index in [9.17, 15) is 14.0 Å². The summed E-state index contributed by atoms with van der Waals surface area (Å²) in [5.74, 6) is -0.149. The molecular weight excluding hydrogens is 383 g/mol. The molecule has 2 atom stereocenters. The van der Waals surface area contributed by atoms with Crippen LogP contribution in [0, 0.1) is 11.2 Å². The highest BCUT2D eigenvalue weighted by atomic mass is 19.1. The van der Waals surface area contributed by atoms with Crippen molar-refractivity contribution in [2.45, 2.75) is 31.3 Å². The molecule has 2 saturated heterocycles. The zero-order valence-corrected chi connectivity index (χ0v) is 17.1. The van der Waals surface area contributed by atoms with Crippen LogP contribution in [0.25, 0.3) is 0 Å². The Morgan fingerprint density at radius 3 is 2.43 bits per heavy atom. The second kappa shape index (κ2) is 8.56. The zero-order chi connectivity index (χ0) is 21.1. The van der Waals surface area contributed by atoms with E-state index >= 15 is 0 Å². The lowest BCUT2D eigenvalue weighted by Gasteiger charge is -2.49. The predicted molar refractivity (Wildman–Crippen MR) is 111 cm³/mol. The summed E-state index contributed by atoms with van der Waals surface area (Å²) >= 11 is 0. The molecule has 0 aliphatic carbocycles. The van der Waals surface area contributed by atoms with E-state index in [1.54, 1.807) is 7.11 Å². The summed E-state index contributed by atoms with van der Waals surface area (Å²) in [6.45, 7) is 1.70. The Bertz CT molecular complexity index is 892. The van der Waals surface area contributed by atoms with Crippen molar-refractivity contribution in [3.8, 4) is 0 Å². The number of rotatable bonds is 4.